The van der Waals surface area contributed by atoms with Crippen LogP contribution >= 0.6 is 0 Å². The van der Waals surface area contributed by atoms with Gasteiger partial charge in [0.05, 0.1) is 11.8 Å². The number of carbonyl (C=O) groups excluding carboxylic acids is 3. The summed E-state index contributed by atoms with van der Waals surface area (Å²) in [6.45, 7) is 10.2. The molecular weight excluding hydrogens is 550 g/mol. The first kappa shape index (κ1) is 32.6. The van der Waals surface area contributed by atoms with Crippen LogP contribution in [-0.4, -0.2) is 84.7 Å². The van der Waals surface area contributed by atoms with E-state index in [9.17, 15) is 19.5 Å². The predicted octanol–water partition coefficient (Wildman–Crippen LogP) is 3.85. The van der Waals surface area contributed by atoms with Crippen molar-refractivity contribution in [3.63, 3.8) is 0 Å². The Kier molecular flexibility index (Phi) is 10.9. The highest BCUT2D eigenvalue weighted by molar-refractivity contribution is 5.87. The number of fused-ring (bicyclic) bond motifs is 1. The zero-order valence-electron chi connectivity index (χ0n) is 26.1. The topological polar surface area (TPSA) is 129 Å². The minimum Gasteiger partial charge on any atom is -0.465 e. The fourth-order valence-electron chi connectivity index (χ4n) is 6.11. The van der Waals surface area contributed by atoms with Gasteiger partial charge in [-0.3, -0.25) is 28.6 Å². The molecule has 2 saturated heterocycles. The van der Waals surface area contributed by atoms with E-state index in [2.05, 4.69) is 15.1 Å². The van der Waals surface area contributed by atoms with Gasteiger partial charge in [0, 0.05) is 68.3 Å². The molecular formula is C32H47N5O6. The van der Waals surface area contributed by atoms with Crippen molar-refractivity contribution < 1.29 is 29.0 Å². The summed E-state index contributed by atoms with van der Waals surface area (Å²) < 4.78 is 14.9. The van der Waals surface area contributed by atoms with Gasteiger partial charge in [0.2, 0.25) is 0 Å². The zero-order valence-corrected chi connectivity index (χ0v) is 26.1. The molecule has 43 heavy (non-hydrogen) atoms. The first-order chi connectivity index (χ1) is 20.4. The number of esters is 2. The van der Waals surface area contributed by atoms with Crippen LogP contribution < -0.4 is 0 Å². The SMILES string of the molecule is CC(=O)OCCN1C2CCCCC(O)[C@@H](C)C(=O)C(C)(C)CCC(=O)OC(/C(C)=C/c3ccn(Cn4cccn4)n3)CC21. The van der Waals surface area contributed by atoms with Crippen molar-refractivity contribution >= 4 is 23.8 Å². The molecule has 2 aromatic heterocycles. The fourth-order valence-corrected chi connectivity index (χ4v) is 6.11. The first-order valence-electron chi connectivity index (χ1n) is 15.4. The van der Waals surface area contributed by atoms with E-state index in [-0.39, 0.29) is 36.2 Å². The van der Waals surface area contributed by atoms with Gasteiger partial charge in [-0.05, 0) is 50.0 Å². The van der Waals surface area contributed by atoms with Crippen LogP contribution in [0.5, 0.6) is 0 Å². The molecule has 11 nitrogen and oxygen atoms in total. The number of Topliss-reactive ketones (excluding diaryl/α,β-unsaturated/α-hetero) is 1. The molecule has 4 heterocycles. The summed E-state index contributed by atoms with van der Waals surface area (Å²) in [6.07, 6.45) is 10.5. The smallest absolute Gasteiger partial charge is 0.306 e. The van der Waals surface area contributed by atoms with Gasteiger partial charge in [0.25, 0.3) is 0 Å². The molecule has 0 aromatic carbocycles. The van der Waals surface area contributed by atoms with Crippen molar-refractivity contribution in [2.45, 2.75) is 111 Å². The second-order valence-electron chi connectivity index (χ2n) is 12.7. The Hall–Kier alpha value is -3.31. The number of aromatic nitrogens is 4. The van der Waals surface area contributed by atoms with Crippen LogP contribution in [0, 0.1) is 11.3 Å². The molecule has 0 aliphatic carbocycles. The van der Waals surface area contributed by atoms with Crippen LogP contribution in [0.25, 0.3) is 6.08 Å². The number of carbonyl (C=O) groups is 3. The van der Waals surface area contributed by atoms with Crippen LogP contribution in [0.3, 0.4) is 0 Å². The summed E-state index contributed by atoms with van der Waals surface area (Å²) in [5, 5.41) is 19.6. The van der Waals surface area contributed by atoms with E-state index >= 15 is 0 Å². The summed E-state index contributed by atoms with van der Waals surface area (Å²) in [4.78, 5) is 40.1. The molecule has 0 bridgehead atoms. The quantitative estimate of drug-likeness (QED) is 0.374. The first-order valence-corrected chi connectivity index (χ1v) is 15.4. The predicted molar refractivity (Wildman–Crippen MR) is 161 cm³/mol. The zero-order chi connectivity index (χ0) is 31.1. The molecule has 5 unspecified atom stereocenters. The lowest BCUT2D eigenvalue weighted by atomic mass is 9.76. The second kappa shape index (κ2) is 14.4. The Balaban J connectivity index is 1.53. The molecule has 2 aliphatic heterocycles. The van der Waals surface area contributed by atoms with Crippen LogP contribution in [0.15, 0.2) is 36.3 Å². The largest absolute Gasteiger partial charge is 0.465 e. The Morgan fingerprint density at radius 1 is 1.16 bits per heavy atom. The molecule has 2 fully saturated rings. The Morgan fingerprint density at radius 3 is 2.65 bits per heavy atom. The second-order valence-corrected chi connectivity index (χ2v) is 12.7. The number of aliphatic hydroxyl groups excluding tert-OH is 1. The number of ketones is 1. The van der Waals surface area contributed by atoms with Crippen LogP contribution in [0.4, 0.5) is 0 Å². The third-order valence-corrected chi connectivity index (χ3v) is 8.85. The Bertz CT molecular complexity index is 1270. The van der Waals surface area contributed by atoms with E-state index in [0.717, 1.165) is 30.5 Å². The van der Waals surface area contributed by atoms with Crippen LogP contribution in [-0.2, 0) is 30.5 Å². The van der Waals surface area contributed by atoms with Gasteiger partial charge in [-0.1, -0.05) is 33.6 Å². The average molecular weight is 598 g/mol. The van der Waals surface area contributed by atoms with Gasteiger partial charge in [0.15, 0.2) is 0 Å². The maximum absolute atomic E-state index is 13.2. The van der Waals surface area contributed by atoms with Crippen molar-refractivity contribution in [1.82, 2.24) is 24.5 Å². The monoisotopic (exact) mass is 597 g/mol. The van der Waals surface area contributed by atoms with Gasteiger partial charge < -0.3 is 14.6 Å². The van der Waals surface area contributed by atoms with Crippen molar-refractivity contribution in [3.05, 3.63) is 42.0 Å². The van der Waals surface area contributed by atoms with Gasteiger partial charge in [-0.15, -0.1) is 0 Å². The standard InChI is InChI=1S/C32H47N5O6/c1-22(19-25-12-16-36(34-25)21-35-15-8-14-33-35)29-20-27-26(37(27)17-18-42-24(3)38)9-6-7-10-28(39)23(2)31(41)32(4,5)13-11-30(40)43-29/h8,12,14-16,19,23,26-29,39H,6-7,9-11,13,17-18,20-21H2,1-5H3/b22-19+/t23-,26?,27?,28?,29?,37?/m1/s1. The molecule has 4 rings (SSSR count). The molecule has 1 N–H and O–H groups in total. The maximum Gasteiger partial charge on any atom is 0.306 e. The molecule has 11 heteroatoms. The van der Waals surface area contributed by atoms with E-state index < -0.39 is 23.5 Å². The molecule has 2 aromatic rings. The van der Waals surface area contributed by atoms with E-state index in [0.29, 0.717) is 39.1 Å². The minimum absolute atomic E-state index is 0.0304. The lowest BCUT2D eigenvalue weighted by molar-refractivity contribution is -0.149. The molecule has 0 amide bonds. The van der Waals surface area contributed by atoms with Gasteiger partial charge in [0.1, 0.15) is 25.2 Å². The average Bonchev–Trinajstić information content (AvgIpc) is 3.29. The third kappa shape index (κ3) is 9.09. The number of ether oxygens (including phenoxy) is 2. The number of hydrogen-bond acceptors (Lipinski definition) is 9. The number of hydrogen-bond donors (Lipinski definition) is 1. The molecule has 6 atom stereocenters. The van der Waals surface area contributed by atoms with E-state index in [1.54, 1.807) is 22.5 Å². The number of rotatable bonds is 7. The lowest BCUT2D eigenvalue weighted by Gasteiger charge is -2.29. The highest BCUT2D eigenvalue weighted by Gasteiger charge is 2.48. The summed E-state index contributed by atoms with van der Waals surface area (Å²) in [5.74, 6) is -1.19. The van der Waals surface area contributed by atoms with Gasteiger partial charge >= 0.3 is 11.9 Å². The molecule has 0 spiro atoms. The maximum atomic E-state index is 13.2. The summed E-state index contributed by atoms with van der Waals surface area (Å²) in [6, 6.07) is 4.21. The summed E-state index contributed by atoms with van der Waals surface area (Å²) in [7, 11) is 0. The van der Waals surface area contributed by atoms with Crippen molar-refractivity contribution in [2.75, 3.05) is 13.2 Å². The molecule has 236 valence electrons. The van der Waals surface area contributed by atoms with Crippen molar-refractivity contribution in [2.24, 2.45) is 11.3 Å². The lowest BCUT2D eigenvalue weighted by Crippen LogP contribution is -2.36. The summed E-state index contributed by atoms with van der Waals surface area (Å²) >= 11 is 0. The normalized spacial score (nSPS) is 29.0. The molecule has 0 saturated carbocycles. The Labute approximate surface area is 254 Å². The molecule has 2 aliphatic rings. The van der Waals surface area contributed by atoms with E-state index in [4.69, 9.17) is 9.47 Å². The molecule has 0 radical (unpaired) electrons. The van der Waals surface area contributed by atoms with Gasteiger partial charge in [-0.25, -0.2) is 0 Å². The number of aliphatic hydroxyl groups is 1. The Morgan fingerprint density at radius 2 is 1.93 bits per heavy atom. The third-order valence-electron chi connectivity index (χ3n) is 8.85. The van der Waals surface area contributed by atoms with E-state index in [1.807, 2.05) is 51.4 Å². The van der Waals surface area contributed by atoms with Crippen molar-refractivity contribution in [1.29, 1.82) is 0 Å². The van der Waals surface area contributed by atoms with Crippen molar-refractivity contribution in [3.8, 4) is 0 Å². The van der Waals surface area contributed by atoms with Crippen LogP contribution in [0.1, 0.15) is 85.3 Å². The minimum atomic E-state index is -0.757. The highest BCUT2D eigenvalue weighted by atomic mass is 16.5. The summed E-state index contributed by atoms with van der Waals surface area (Å²) in [5.41, 5.74) is 0.885. The number of cyclic esters (lactones) is 1. The van der Waals surface area contributed by atoms with E-state index in [1.165, 1.54) is 6.92 Å². The van der Waals surface area contributed by atoms with Gasteiger partial charge in [-0.2, -0.15) is 10.2 Å². The fraction of sp³-hybridized carbons (Fsp3) is 0.656. The highest BCUT2D eigenvalue weighted by Crippen LogP contribution is 2.38. The van der Waals surface area contributed by atoms with Crippen LogP contribution in [0.2, 0.25) is 0 Å². The number of nitrogens with zero attached hydrogens (tertiary/aromatic N) is 5.